The van der Waals surface area contributed by atoms with Crippen molar-refractivity contribution in [1.82, 2.24) is 10.2 Å². The summed E-state index contributed by atoms with van der Waals surface area (Å²) in [6.07, 6.45) is -0.310. The molecule has 2 aromatic rings. The molecular formula is C30H42F2N2O5. The maximum atomic E-state index is 13.9. The van der Waals surface area contributed by atoms with Crippen molar-refractivity contribution in [2.24, 2.45) is 0 Å². The van der Waals surface area contributed by atoms with Crippen LogP contribution in [0.1, 0.15) is 78.3 Å². The van der Waals surface area contributed by atoms with Crippen molar-refractivity contribution in [2.45, 2.75) is 78.0 Å². The first-order valence-corrected chi connectivity index (χ1v) is 13.7. The van der Waals surface area contributed by atoms with Crippen LogP contribution >= 0.6 is 0 Å². The first kappa shape index (κ1) is 32.3. The first-order chi connectivity index (χ1) is 18.6. The predicted molar refractivity (Wildman–Crippen MR) is 147 cm³/mol. The summed E-state index contributed by atoms with van der Waals surface area (Å²) in [5.74, 6) is -2.33. The smallest absolute Gasteiger partial charge is 0.253 e. The number of hydrogen-bond donors (Lipinski definition) is 3. The normalized spacial score (nSPS) is 13.5. The van der Waals surface area contributed by atoms with E-state index in [1.54, 1.807) is 24.0 Å². The third-order valence-corrected chi connectivity index (χ3v) is 6.27. The Kier molecular flexibility index (Phi) is 13.5. The summed E-state index contributed by atoms with van der Waals surface area (Å²) in [4.78, 5) is 28.3. The van der Waals surface area contributed by atoms with E-state index in [4.69, 9.17) is 4.74 Å². The van der Waals surface area contributed by atoms with Crippen molar-refractivity contribution in [1.29, 1.82) is 0 Å². The van der Waals surface area contributed by atoms with Gasteiger partial charge in [0.15, 0.2) is 0 Å². The van der Waals surface area contributed by atoms with Crippen molar-refractivity contribution in [3.05, 3.63) is 70.3 Å². The number of halogens is 2. The van der Waals surface area contributed by atoms with Crippen LogP contribution in [0.5, 0.6) is 0 Å². The first-order valence-electron chi connectivity index (χ1n) is 13.7. The Balaban J connectivity index is 2.31. The zero-order valence-electron chi connectivity index (χ0n) is 23.4. The number of carbonyl (C=O) groups excluding carboxylic acids is 2. The molecule has 9 heteroatoms. The average molecular weight is 549 g/mol. The fraction of sp³-hybridized carbons (Fsp3) is 0.533. The number of benzene rings is 2. The van der Waals surface area contributed by atoms with Gasteiger partial charge in [0, 0.05) is 43.5 Å². The molecule has 7 nitrogen and oxygen atoms in total. The van der Waals surface area contributed by atoms with E-state index in [1.165, 1.54) is 6.07 Å². The van der Waals surface area contributed by atoms with Crippen LogP contribution in [0.3, 0.4) is 0 Å². The third-order valence-electron chi connectivity index (χ3n) is 6.27. The van der Waals surface area contributed by atoms with Crippen molar-refractivity contribution >= 4 is 11.8 Å². The fourth-order valence-corrected chi connectivity index (χ4v) is 4.46. The summed E-state index contributed by atoms with van der Waals surface area (Å²) in [6, 6.07) is 6.74. The molecule has 0 aliphatic rings. The number of aryl methyl sites for hydroxylation is 1. The lowest BCUT2D eigenvalue weighted by atomic mass is 9.95. The molecule has 0 saturated heterocycles. The lowest BCUT2D eigenvalue weighted by Gasteiger charge is -2.28. The molecule has 0 aromatic heterocycles. The van der Waals surface area contributed by atoms with Gasteiger partial charge in [-0.1, -0.05) is 20.8 Å². The van der Waals surface area contributed by atoms with E-state index in [1.807, 2.05) is 20.8 Å². The molecular weight excluding hydrogens is 506 g/mol. The van der Waals surface area contributed by atoms with Gasteiger partial charge in [-0.05, 0) is 80.5 Å². The second-order valence-electron chi connectivity index (χ2n) is 9.90. The summed E-state index contributed by atoms with van der Waals surface area (Å²) >= 11 is 0. The van der Waals surface area contributed by atoms with Crippen LogP contribution in [-0.4, -0.2) is 71.5 Å². The van der Waals surface area contributed by atoms with Crippen molar-refractivity contribution in [3.8, 4) is 0 Å². The Morgan fingerprint density at radius 2 is 1.51 bits per heavy atom. The Morgan fingerprint density at radius 3 is 2.10 bits per heavy atom. The number of aliphatic hydroxyl groups is 2. The number of ether oxygens (including phenoxy) is 1. The largest absolute Gasteiger partial charge is 0.390 e. The van der Waals surface area contributed by atoms with Crippen molar-refractivity contribution in [3.63, 3.8) is 0 Å². The van der Waals surface area contributed by atoms with Crippen LogP contribution < -0.4 is 5.32 Å². The molecule has 0 aliphatic carbocycles. The second-order valence-corrected chi connectivity index (χ2v) is 9.90. The van der Waals surface area contributed by atoms with Crippen LogP contribution in [0.15, 0.2) is 36.4 Å². The summed E-state index contributed by atoms with van der Waals surface area (Å²) in [5, 5.41) is 24.3. The minimum atomic E-state index is -1.44. The third kappa shape index (κ3) is 10.3. The van der Waals surface area contributed by atoms with Gasteiger partial charge in [0.25, 0.3) is 11.8 Å². The molecule has 0 fully saturated rings. The molecule has 0 spiro atoms. The standard InChI is InChI=1S/C30H42F2N2O5/c1-5-9-34(10-6-2)30(38)23-14-20(4)13-22(18-23)29(37)33-26(17-21-15-24(31)19-25(32)16-21)28(36)27(35)8-12-39-11-7-3/h13-16,18-19,26-28,35-36H,5-12,17H2,1-4H3,(H,33,37)/t26-,27?,28+/m0/s1. The van der Waals surface area contributed by atoms with Gasteiger partial charge >= 0.3 is 0 Å². The van der Waals surface area contributed by atoms with Gasteiger partial charge in [0.05, 0.1) is 12.1 Å². The van der Waals surface area contributed by atoms with Gasteiger partial charge in [0.2, 0.25) is 0 Å². The summed E-state index contributed by atoms with van der Waals surface area (Å²) in [6.45, 7) is 9.62. The molecule has 0 saturated carbocycles. The highest BCUT2D eigenvalue weighted by molar-refractivity contribution is 6.00. The van der Waals surface area contributed by atoms with E-state index in [0.29, 0.717) is 30.8 Å². The van der Waals surface area contributed by atoms with Crippen LogP contribution in [0, 0.1) is 18.6 Å². The quantitative estimate of drug-likeness (QED) is 0.270. The lowest BCUT2D eigenvalue weighted by Crippen LogP contribution is -2.50. The predicted octanol–water partition coefficient (Wildman–Crippen LogP) is 4.42. The van der Waals surface area contributed by atoms with Gasteiger partial charge in [-0.15, -0.1) is 0 Å². The van der Waals surface area contributed by atoms with Crippen LogP contribution in [0.4, 0.5) is 8.78 Å². The zero-order chi connectivity index (χ0) is 28.9. The van der Waals surface area contributed by atoms with E-state index < -0.39 is 35.8 Å². The number of rotatable bonds is 16. The molecule has 0 aliphatic heterocycles. The van der Waals surface area contributed by atoms with Crippen molar-refractivity contribution < 1.29 is 33.3 Å². The topological polar surface area (TPSA) is 99.1 Å². The van der Waals surface area contributed by atoms with Gasteiger partial charge in [0.1, 0.15) is 17.7 Å². The number of amides is 2. The highest BCUT2D eigenvalue weighted by Gasteiger charge is 2.29. The number of aliphatic hydroxyl groups excluding tert-OH is 2. The van der Waals surface area contributed by atoms with Crippen LogP contribution in [-0.2, 0) is 11.2 Å². The number of nitrogens with zero attached hydrogens (tertiary/aromatic N) is 1. The molecule has 0 bridgehead atoms. The van der Waals surface area contributed by atoms with Gasteiger partial charge in [-0.25, -0.2) is 8.78 Å². The second kappa shape index (κ2) is 16.3. The van der Waals surface area contributed by atoms with Crippen LogP contribution in [0.2, 0.25) is 0 Å². The molecule has 39 heavy (non-hydrogen) atoms. The molecule has 0 heterocycles. The van der Waals surface area contributed by atoms with Gasteiger partial charge in [-0.2, -0.15) is 0 Å². The molecule has 0 radical (unpaired) electrons. The maximum absolute atomic E-state index is 13.9. The summed E-state index contributed by atoms with van der Waals surface area (Å²) in [5.41, 5.74) is 1.49. The molecule has 1 unspecified atom stereocenters. The van der Waals surface area contributed by atoms with Crippen molar-refractivity contribution in [2.75, 3.05) is 26.3 Å². The maximum Gasteiger partial charge on any atom is 0.253 e. The molecule has 3 N–H and O–H groups in total. The number of hydrogen-bond acceptors (Lipinski definition) is 5. The molecule has 2 aromatic carbocycles. The number of nitrogens with one attached hydrogen (secondary N) is 1. The summed E-state index contributed by atoms with van der Waals surface area (Å²) < 4.78 is 33.1. The van der Waals surface area contributed by atoms with E-state index >= 15 is 0 Å². The Hall–Kier alpha value is -2.88. The molecule has 216 valence electrons. The van der Waals surface area contributed by atoms with E-state index in [-0.39, 0.29) is 36.5 Å². The van der Waals surface area contributed by atoms with Crippen LogP contribution in [0.25, 0.3) is 0 Å². The minimum absolute atomic E-state index is 0.110. The Bertz CT molecular complexity index is 1060. The average Bonchev–Trinajstić information content (AvgIpc) is 2.88. The SMILES string of the molecule is CCCOCCC(O)[C@H](O)[C@H](Cc1cc(F)cc(F)c1)NC(=O)c1cc(C)cc(C(=O)N(CCC)CCC)c1. The molecule has 2 rings (SSSR count). The monoisotopic (exact) mass is 548 g/mol. The Morgan fingerprint density at radius 1 is 0.897 bits per heavy atom. The van der Waals surface area contributed by atoms with Gasteiger partial charge < -0.3 is 25.2 Å². The number of carbonyl (C=O) groups is 2. The minimum Gasteiger partial charge on any atom is -0.390 e. The lowest BCUT2D eigenvalue weighted by molar-refractivity contribution is -0.0216. The zero-order valence-corrected chi connectivity index (χ0v) is 23.4. The Labute approximate surface area is 230 Å². The van der Waals surface area contributed by atoms with Gasteiger partial charge in [-0.3, -0.25) is 9.59 Å². The highest BCUT2D eigenvalue weighted by Crippen LogP contribution is 2.17. The van der Waals surface area contributed by atoms with E-state index in [2.05, 4.69) is 5.32 Å². The van der Waals surface area contributed by atoms with E-state index in [9.17, 15) is 28.6 Å². The highest BCUT2D eigenvalue weighted by atomic mass is 19.1. The molecule has 2 amide bonds. The summed E-state index contributed by atoms with van der Waals surface area (Å²) in [7, 11) is 0. The fourth-order valence-electron chi connectivity index (χ4n) is 4.46. The molecule has 3 atom stereocenters. The van der Waals surface area contributed by atoms with E-state index in [0.717, 1.165) is 37.5 Å².